The molecule has 0 spiro atoms. The van der Waals surface area contributed by atoms with Crippen molar-refractivity contribution in [2.24, 2.45) is 11.7 Å². The summed E-state index contributed by atoms with van der Waals surface area (Å²) in [6, 6.07) is -0.864. The molecule has 0 aromatic carbocycles. The molecule has 0 saturated carbocycles. The van der Waals surface area contributed by atoms with E-state index in [0.29, 0.717) is 31.6 Å². The summed E-state index contributed by atoms with van der Waals surface area (Å²) in [5, 5.41) is 11.6. The minimum absolute atomic E-state index is 0.0165. The summed E-state index contributed by atoms with van der Waals surface area (Å²) in [4.78, 5) is 33.7. The number of rotatable bonds is 10. The third kappa shape index (κ3) is 8.92. The van der Waals surface area contributed by atoms with Crippen LogP contribution in [0.3, 0.4) is 0 Å². The van der Waals surface area contributed by atoms with Gasteiger partial charge in [0.2, 0.25) is 5.91 Å². The van der Waals surface area contributed by atoms with Crippen molar-refractivity contribution in [1.29, 1.82) is 0 Å². The predicted molar refractivity (Wildman–Crippen MR) is 79.4 cm³/mol. The first-order valence-electron chi connectivity index (χ1n) is 6.75. The molecule has 6 nitrogen and oxygen atoms in total. The van der Waals surface area contributed by atoms with E-state index in [4.69, 9.17) is 10.8 Å². The first-order valence-corrected chi connectivity index (χ1v) is 7.73. The van der Waals surface area contributed by atoms with E-state index in [9.17, 15) is 14.4 Å². The smallest absolute Gasteiger partial charge is 0.326 e. The van der Waals surface area contributed by atoms with Crippen LogP contribution in [0.25, 0.3) is 0 Å². The maximum absolute atomic E-state index is 11.9. The molecule has 0 aliphatic rings. The quantitative estimate of drug-likeness (QED) is 0.519. The summed E-state index contributed by atoms with van der Waals surface area (Å²) in [6.45, 7) is 3.72. The van der Waals surface area contributed by atoms with Crippen LogP contribution in [-0.4, -0.2) is 40.4 Å². The number of carboxylic acid groups (broad SMARTS) is 1. The maximum Gasteiger partial charge on any atom is 0.326 e. The third-order valence-corrected chi connectivity index (χ3v) is 3.71. The van der Waals surface area contributed by atoms with Crippen molar-refractivity contribution in [1.82, 2.24) is 5.32 Å². The Labute approximate surface area is 123 Å². The fraction of sp³-hybridized carbons (Fsp3) is 0.769. The third-order valence-electron chi connectivity index (χ3n) is 2.87. The van der Waals surface area contributed by atoms with Gasteiger partial charge >= 0.3 is 5.97 Å². The number of carbonyl (C=O) groups excluding carboxylic acids is 2. The lowest BCUT2D eigenvalue weighted by Gasteiger charge is -2.17. The van der Waals surface area contributed by atoms with Gasteiger partial charge in [0.1, 0.15) is 6.04 Å². The Morgan fingerprint density at radius 2 is 1.90 bits per heavy atom. The molecule has 4 N–H and O–H groups in total. The van der Waals surface area contributed by atoms with Gasteiger partial charge in [-0.25, -0.2) is 4.79 Å². The van der Waals surface area contributed by atoms with Crippen molar-refractivity contribution < 1.29 is 19.5 Å². The summed E-state index contributed by atoms with van der Waals surface area (Å²) < 4.78 is 0. The summed E-state index contributed by atoms with van der Waals surface area (Å²) in [5.41, 5.74) is 5.35. The lowest BCUT2D eigenvalue weighted by atomic mass is 10.1. The van der Waals surface area contributed by atoms with Crippen molar-refractivity contribution in [3.05, 3.63) is 0 Å². The Balaban J connectivity index is 4.16. The Bertz CT molecular complexity index is 336. The van der Waals surface area contributed by atoms with Gasteiger partial charge in [-0.3, -0.25) is 9.59 Å². The average Bonchev–Trinajstić information content (AvgIpc) is 2.36. The summed E-state index contributed by atoms with van der Waals surface area (Å²) >= 11 is 1.17. The van der Waals surface area contributed by atoms with Gasteiger partial charge in [-0.1, -0.05) is 18.7 Å². The Morgan fingerprint density at radius 1 is 1.25 bits per heavy atom. The van der Waals surface area contributed by atoms with Crippen LogP contribution in [0.1, 0.15) is 39.5 Å². The highest BCUT2D eigenvalue weighted by atomic mass is 32.2. The largest absolute Gasteiger partial charge is 0.480 e. The SMILES string of the molecule is CC(=O)SCC[C@H](C)C(=O)NC(CCCCN)C(=O)O. The summed E-state index contributed by atoms with van der Waals surface area (Å²) in [7, 11) is 0. The molecule has 7 heteroatoms. The molecule has 0 fully saturated rings. The molecular weight excluding hydrogens is 280 g/mol. The van der Waals surface area contributed by atoms with Gasteiger partial charge in [-0.2, -0.15) is 0 Å². The second-order valence-corrected chi connectivity index (χ2v) is 5.99. The van der Waals surface area contributed by atoms with Gasteiger partial charge in [0.15, 0.2) is 5.12 Å². The van der Waals surface area contributed by atoms with Crippen LogP contribution in [0, 0.1) is 5.92 Å². The van der Waals surface area contributed by atoms with E-state index >= 15 is 0 Å². The molecule has 0 heterocycles. The number of carbonyl (C=O) groups is 3. The highest BCUT2D eigenvalue weighted by molar-refractivity contribution is 8.13. The zero-order valence-electron chi connectivity index (χ0n) is 12.1. The first-order chi connectivity index (χ1) is 9.38. The number of unbranched alkanes of at least 4 members (excludes halogenated alkanes) is 1. The number of hydrogen-bond acceptors (Lipinski definition) is 5. The minimum Gasteiger partial charge on any atom is -0.480 e. The van der Waals surface area contributed by atoms with Crippen LogP contribution in [0.15, 0.2) is 0 Å². The number of nitrogens with one attached hydrogen (secondary N) is 1. The van der Waals surface area contributed by atoms with E-state index in [1.54, 1.807) is 6.92 Å². The van der Waals surface area contributed by atoms with Gasteiger partial charge in [0.05, 0.1) is 0 Å². The molecule has 116 valence electrons. The zero-order valence-corrected chi connectivity index (χ0v) is 12.9. The van der Waals surface area contributed by atoms with Crippen molar-refractivity contribution in [3.63, 3.8) is 0 Å². The minimum atomic E-state index is -1.03. The fourth-order valence-corrected chi connectivity index (χ4v) is 2.33. The molecule has 0 aromatic heterocycles. The Kier molecular flexibility index (Phi) is 10.1. The topological polar surface area (TPSA) is 109 Å². The van der Waals surface area contributed by atoms with Crippen molar-refractivity contribution in [2.45, 2.75) is 45.6 Å². The first kappa shape index (κ1) is 18.9. The van der Waals surface area contributed by atoms with E-state index in [2.05, 4.69) is 5.32 Å². The van der Waals surface area contributed by atoms with Gasteiger partial charge in [-0.05, 0) is 32.2 Å². The molecule has 0 aromatic rings. The molecular formula is C13H24N2O4S. The fourth-order valence-electron chi connectivity index (χ4n) is 1.57. The second-order valence-electron chi connectivity index (χ2n) is 4.71. The van der Waals surface area contributed by atoms with Crippen LogP contribution in [0.2, 0.25) is 0 Å². The van der Waals surface area contributed by atoms with Gasteiger partial charge in [-0.15, -0.1) is 0 Å². The standard InChI is InChI=1S/C13H24N2O4S/c1-9(6-8-20-10(2)16)12(17)15-11(13(18)19)5-3-4-7-14/h9,11H,3-8,14H2,1-2H3,(H,15,17)(H,18,19)/t9-,11?/m0/s1. The van der Waals surface area contributed by atoms with Crippen LogP contribution in [0.4, 0.5) is 0 Å². The summed E-state index contributed by atoms with van der Waals surface area (Å²) in [6.07, 6.45) is 2.34. The van der Waals surface area contributed by atoms with E-state index in [1.165, 1.54) is 18.7 Å². The molecule has 0 aliphatic carbocycles. The van der Waals surface area contributed by atoms with E-state index in [1.807, 2.05) is 0 Å². The van der Waals surface area contributed by atoms with E-state index in [-0.39, 0.29) is 16.9 Å². The molecule has 0 rings (SSSR count). The van der Waals surface area contributed by atoms with Crippen molar-refractivity contribution in [2.75, 3.05) is 12.3 Å². The molecule has 1 unspecified atom stereocenters. The number of thioether (sulfide) groups is 1. The van der Waals surface area contributed by atoms with Gasteiger partial charge in [0, 0.05) is 18.6 Å². The number of aliphatic carboxylic acids is 1. The molecule has 20 heavy (non-hydrogen) atoms. The second kappa shape index (κ2) is 10.7. The highest BCUT2D eigenvalue weighted by Gasteiger charge is 2.22. The Morgan fingerprint density at radius 3 is 2.40 bits per heavy atom. The number of nitrogens with two attached hydrogens (primary N) is 1. The summed E-state index contributed by atoms with van der Waals surface area (Å²) in [5.74, 6) is -1.05. The average molecular weight is 304 g/mol. The predicted octanol–water partition coefficient (Wildman–Crippen LogP) is 0.991. The lowest BCUT2D eigenvalue weighted by Crippen LogP contribution is -2.43. The molecule has 0 bridgehead atoms. The molecule has 0 radical (unpaired) electrons. The normalized spacial score (nSPS) is 13.6. The monoisotopic (exact) mass is 304 g/mol. The molecule has 0 aliphatic heterocycles. The van der Waals surface area contributed by atoms with Gasteiger partial charge < -0.3 is 16.2 Å². The lowest BCUT2D eigenvalue weighted by molar-refractivity contribution is -0.142. The zero-order chi connectivity index (χ0) is 15.5. The van der Waals surface area contributed by atoms with Crippen LogP contribution >= 0.6 is 11.8 Å². The van der Waals surface area contributed by atoms with Crippen molar-refractivity contribution in [3.8, 4) is 0 Å². The number of hydrogen-bond donors (Lipinski definition) is 3. The van der Waals surface area contributed by atoms with Crippen LogP contribution < -0.4 is 11.1 Å². The molecule has 1 amide bonds. The molecule has 0 saturated heterocycles. The molecule has 2 atom stereocenters. The van der Waals surface area contributed by atoms with E-state index in [0.717, 1.165) is 6.42 Å². The highest BCUT2D eigenvalue weighted by Crippen LogP contribution is 2.11. The number of carboxylic acids is 1. The van der Waals surface area contributed by atoms with Crippen LogP contribution in [0.5, 0.6) is 0 Å². The van der Waals surface area contributed by atoms with Crippen LogP contribution in [-0.2, 0) is 14.4 Å². The van der Waals surface area contributed by atoms with E-state index < -0.39 is 12.0 Å². The van der Waals surface area contributed by atoms with Gasteiger partial charge in [0.25, 0.3) is 0 Å². The maximum atomic E-state index is 11.9. The Hall–Kier alpha value is -1.08. The number of amides is 1. The van der Waals surface area contributed by atoms with Crippen molar-refractivity contribution >= 4 is 28.8 Å².